The molecule has 0 spiro atoms. The van der Waals surface area contributed by atoms with E-state index in [1.165, 1.54) is 34.1 Å². The van der Waals surface area contributed by atoms with Crippen molar-refractivity contribution in [1.29, 1.82) is 0 Å². The Bertz CT molecular complexity index is 1220. The highest BCUT2D eigenvalue weighted by molar-refractivity contribution is 7.97. The van der Waals surface area contributed by atoms with Crippen molar-refractivity contribution in [2.75, 3.05) is 0 Å². The molecule has 0 aliphatic heterocycles. The van der Waals surface area contributed by atoms with Crippen LogP contribution < -0.4 is 0 Å². The Morgan fingerprint density at radius 3 is 1.76 bits per heavy atom. The van der Waals surface area contributed by atoms with Crippen LogP contribution in [0, 0.1) is 18.2 Å². The fourth-order valence-corrected chi connectivity index (χ4v) is 5.52. The third kappa shape index (κ3) is 5.00. The minimum Gasteiger partial charge on any atom is -0.438 e. The number of halogens is 1. The summed E-state index contributed by atoms with van der Waals surface area (Å²) in [4.78, 5) is 16.4. The maximum absolute atomic E-state index is 13.3. The Labute approximate surface area is 196 Å². The summed E-state index contributed by atoms with van der Waals surface area (Å²) in [5.74, 6) is 1.60. The zero-order chi connectivity index (χ0) is 23.3. The maximum Gasteiger partial charge on any atom is 0.339 e. The van der Waals surface area contributed by atoms with Gasteiger partial charge in [0.25, 0.3) is 0 Å². The lowest BCUT2D eigenvalue weighted by molar-refractivity contribution is 0.0129. The Kier molecular flexibility index (Phi) is 6.63. The van der Waals surface area contributed by atoms with Gasteiger partial charge >= 0.3 is 5.97 Å². The number of carbonyl (C=O) groups excluding carboxylic acids is 1. The van der Waals surface area contributed by atoms with Crippen molar-refractivity contribution in [2.45, 2.75) is 27.2 Å². The van der Waals surface area contributed by atoms with Crippen molar-refractivity contribution in [3.8, 4) is 12.3 Å². The molecule has 0 saturated heterocycles. The number of esters is 1. The molecular weight excluding hydrogens is 431 g/mol. The summed E-state index contributed by atoms with van der Waals surface area (Å²) < 4.78 is 19.0. The molecule has 0 N–H and O–H groups in total. The quantitative estimate of drug-likeness (QED) is 0.186. The molecule has 1 atom stereocenters. The predicted octanol–water partition coefficient (Wildman–Crippen LogP) is 6.63. The minimum absolute atomic E-state index is 0.309. The summed E-state index contributed by atoms with van der Waals surface area (Å²) in [6.45, 7) is 1.62. The van der Waals surface area contributed by atoms with Crippen LogP contribution in [-0.2, 0) is 21.2 Å². The van der Waals surface area contributed by atoms with Crippen LogP contribution in [0.2, 0.25) is 0 Å². The summed E-state index contributed by atoms with van der Waals surface area (Å²) in [6, 6.07) is 33.6. The van der Waals surface area contributed by atoms with E-state index >= 15 is 0 Å². The standard InChI is InChI=1S/C29H22FO2S/c1-3-29(2,23-16-18-24(30)19-17-23)32-28(31)22-14-20-27(21-15-22)33(25-10-6-4-7-11-25)26-12-8-5-9-13-26/h1,4-21H,2H3/q+1. The van der Waals surface area contributed by atoms with Crippen molar-refractivity contribution in [2.24, 2.45) is 0 Å². The molecule has 0 heterocycles. The van der Waals surface area contributed by atoms with E-state index < -0.39 is 11.6 Å². The van der Waals surface area contributed by atoms with Gasteiger partial charge in [0.05, 0.1) is 16.5 Å². The molecule has 0 bridgehead atoms. The van der Waals surface area contributed by atoms with Gasteiger partial charge in [0.2, 0.25) is 0 Å². The molecule has 0 aliphatic carbocycles. The van der Waals surface area contributed by atoms with E-state index in [0.717, 1.165) is 4.90 Å². The van der Waals surface area contributed by atoms with E-state index in [-0.39, 0.29) is 16.7 Å². The molecule has 0 aromatic heterocycles. The van der Waals surface area contributed by atoms with Gasteiger partial charge in [-0.3, -0.25) is 0 Å². The molecule has 4 rings (SSSR count). The molecule has 0 radical (unpaired) electrons. The van der Waals surface area contributed by atoms with Gasteiger partial charge in [-0.05, 0) is 67.6 Å². The highest BCUT2D eigenvalue weighted by Gasteiger charge is 2.31. The van der Waals surface area contributed by atoms with Crippen LogP contribution in [0.25, 0.3) is 0 Å². The van der Waals surface area contributed by atoms with Gasteiger partial charge in [0.15, 0.2) is 20.3 Å². The molecule has 0 aliphatic rings. The molecule has 0 fully saturated rings. The minimum atomic E-state index is -1.30. The topological polar surface area (TPSA) is 26.3 Å². The third-order valence-electron chi connectivity index (χ3n) is 5.25. The lowest BCUT2D eigenvalue weighted by Crippen LogP contribution is -2.27. The number of carbonyl (C=O) groups is 1. The zero-order valence-electron chi connectivity index (χ0n) is 18.1. The normalized spacial score (nSPS) is 12.5. The van der Waals surface area contributed by atoms with Crippen LogP contribution in [0.5, 0.6) is 0 Å². The Balaban J connectivity index is 1.61. The van der Waals surface area contributed by atoms with Gasteiger partial charge in [-0.15, -0.1) is 6.42 Å². The van der Waals surface area contributed by atoms with Crippen molar-refractivity contribution in [3.05, 3.63) is 126 Å². The van der Waals surface area contributed by atoms with E-state index in [1.54, 1.807) is 19.1 Å². The number of hydrogen-bond acceptors (Lipinski definition) is 2. The number of hydrogen-bond donors (Lipinski definition) is 0. The van der Waals surface area contributed by atoms with E-state index in [2.05, 4.69) is 30.2 Å². The average molecular weight is 454 g/mol. The lowest BCUT2D eigenvalue weighted by Gasteiger charge is -2.24. The van der Waals surface area contributed by atoms with Crippen LogP contribution in [0.15, 0.2) is 124 Å². The summed E-state index contributed by atoms with van der Waals surface area (Å²) >= 11 is 0. The van der Waals surface area contributed by atoms with Crippen molar-refractivity contribution >= 4 is 16.9 Å². The van der Waals surface area contributed by atoms with Gasteiger partial charge in [0, 0.05) is 5.56 Å². The number of benzene rings is 4. The molecule has 33 heavy (non-hydrogen) atoms. The molecule has 4 aromatic rings. The molecule has 0 saturated carbocycles. The van der Waals surface area contributed by atoms with Crippen LogP contribution >= 0.6 is 0 Å². The smallest absolute Gasteiger partial charge is 0.339 e. The molecule has 0 amide bonds. The van der Waals surface area contributed by atoms with Gasteiger partial charge in [-0.2, -0.15) is 0 Å². The van der Waals surface area contributed by atoms with Crippen LogP contribution in [-0.4, -0.2) is 5.97 Å². The van der Waals surface area contributed by atoms with E-state index in [1.807, 2.05) is 48.5 Å². The number of ether oxygens (including phenoxy) is 1. The Hall–Kier alpha value is -3.81. The molecule has 1 unspecified atom stereocenters. The van der Waals surface area contributed by atoms with Gasteiger partial charge in [-0.1, -0.05) is 54.5 Å². The Morgan fingerprint density at radius 2 is 1.27 bits per heavy atom. The summed E-state index contributed by atoms with van der Waals surface area (Å²) in [7, 11) is -0.309. The second kappa shape index (κ2) is 9.77. The van der Waals surface area contributed by atoms with Crippen LogP contribution in [0.1, 0.15) is 22.8 Å². The third-order valence-corrected chi connectivity index (χ3v) is 7.48. The fourth-order valence-electron chi connectivity index (χ4n) is 3.43. The average Bonchev–Trinajstić information content (AvgIpc) is 2.86. The fraction of sp³-hybridized carbons (Fsp3) is 0.0690. The molecule has 162 valence electrons. The highest BCUT2D eigenvalue weighted by Crippen LogP contribution is 2.32. The first-order chi connectivity index (χ1) is 16.0. The van der Waals surface area contributed by atoms with Crippen molar-refractivity contribution in [1.82, 2.24) is 0 Å². The van der Waals surface area contributed by atoms with E-state index in [9.17, 15) is 9.18 Å². The Morgan fingerprint density at radius 1 is 0.788 bits per heavy atom. The first kappa shape index (κ1) is 22.4. The largest absolute Gasteiger partial charge is 0.438 e. The predicted molar refractivity (Wildman–Crippen MR) is 129 cm³/mol. The first-order valence-corrected chi connectivity index (χ1v) is 11.6. The van der Waals surface area contributed by atoms with E-state index in [0.29, 0.717) is 11.1 Å². The van der Waals surface area contributed by atoms with Crippen LogP contribution in [0.4, 0.5) is 4.39 Å². The second-order valence-corrected chi connectivity index (χ2v) is 9.56. The maximum atomic E-state index is 13.3. The van der Waals surface area contributed by atoms with Gasteiger partial charge in [0.1, 0.15) is 5.82 Å². The zero-order valence-corrected chi connectivity index (χ0v) is 18.9. The first-order valence-electron chi connectivity index (χ1n) is 10.4. The summed E-state index contributed by atoms with van der Waals surface area (Å²) in [6.07, 6.45) is 5.68. The second-order valence-electron chi connectivity index (χ2n) is 7.53. The molecule has 2 nitrogen and oxygen atoms in total. The highest BCUT2D eigenvalue weighted by atomic mass is 32.2. The van der Waals surface area contributed by atoms with Gasteiger partial charge < -0.3 is 4.74 Å². The van der Waals surface area contributed by atoms with Crippen molar-refractivity contribution < 1.29 is 13.9 Å². The molecule has 4 aromatic carbocycles. The monoisotopic (exact) mass is 453 g/mol. The summed E-state index contributed by atoms with van der Waals surface area (Å²) in [5, 5.41) is 0. The van der Waals surface area contributed by atoms with E-state index in [4.69, 9.17) is 11.2 Å². The van der Waals surface area contributed by atoms with Gasteiger partial charge in [-0.25, -0.2) is 9.18 Å². The molecule has 4 heteroatoms. The molecular formula is C29H22FO2S+. The SMILES string of the molecule is C#CC(C)(OC(=O)c1ccc([S+](c2ccccc2)c2ccccc2)cc1)c1ccc(F)cc1. The lowest BCUT2D eigenvalue weighted by atomic mass is 9.96. The van der Waals surface area contributed by atoms with Crippen molar-refractivity contribution in [3.63, 3.8) is 0 Å². The number of rotatable bonds is 6. The summed E-state index contributed by atoms with van der Waals surface area (Å²) in [5.41, 5.74) is -0.375. The van der Waals surface area contributed by atoms with Crippen LogP contribution in [0.3, 0.4) is 0 Å². The number of terminal acetylenes is 1.